The third-order valence-electron chi connectivity index (χ3n) is 2.17. The lowest BCUT2D eigenvalue weighted by Gasteiger charge is -2.13. The topological polar surface area (TPSA) is 51.0 Å². The third kappa shape index (κ3) is 4.35. The van der Waals surface area contributed by atoms with Crippen molar-refractivity contribution in [2.75, 3.05) is 19.8 Å². The minimum absolute atomic E-state index is 0.196. The summed E-state index contributed by atoms with van der Waals surface area (Å²) in [5, 5.41) is 4.92. The monoisotopic (exact) mass is 346 g/mol. The van der Waals surface area contributed by atoms with Gasteiger partial charge in [-0.1, -0.05) is 55.0 Å². The van der Waals surface area contributed by atoms with Crippen LogP contribution < -0.4 is 0 Å². The van der Waals surface area contributed by atoms with Crippen LogP contribution in [-0.4, -0.2) is 45.5 Å². The third-order valence-corrected chi connectivity index (χ3v) is 3.84. The largest absolute Gasteiger partial charge is 0.346 e. The highest BCUT2D eigenvalue weighted by atomic mass is 79.9. The zero-order chi connectivity index (χ0) is 14.8. The van der Waals surface area contributed by atoms with Gasteiger partial charge >= 0.3 is 6.03 Å². The second-order valence-electron chi connectivity index (χ2n) is 5.36. The molecule has 0 N–H and O–H groups in total. The van der Waals surface area contributed by atoms with Crippen LogP contribution in [0.4, 0.5) is 4.79 Å². The Labute approximate surface area is 126 Å². The summed E-state index contributed by atoms with van der Waals surface area (Å²) >= 11 is 4.73. The molecule has 7 heteroatoms. The number of carbonyl (C=O) groups excluding carboxylic acids is 1. The predicted molar refractivity (Wildman–Crippen MR) is 82.0 cm³/mol. The van der Waals surface area contributed by atoms with Crippen LogP contribution in [0.5, 0.6) is 0 Å². The molecular formula is C12H19BrN4OS. The first-order valence-electron chi connectivity index (χ1n) is 5.78. The summed E-state index contributed by atoms with van der Waals surface area (Å²) in [6.07, 6.45) is 0. The summed E-state index contributed by atoms with van der Waals surface area (Å²) in [7, 11) is 3.39. The molecule has 1 heterocycles. The van der Waals surface area contributed by atoms with Gasteiger partial charge in [0.05, 0.1) is 0 Å². The Bertz CT molecular complexity index is 490. The molecule has 0 saturated heterocycles. The number of hydrogen-bond donors (Lipinski definition) is 0. The minimum Gasteiger partial charge on any atom is -0.329 e. The molecule has 0 atom stereocenters. The smallest absolute Gasteiger partial charge is 0.329 e. The summed E-state index contributed by atoms with van der Waals surface area (Å²) in [6, 6.07) is -0.203. The zero-order valence-electron chi connectivity index (χ0n) is 11.9. The molecule has 1 aromatic heterocycles. The molecule has 0 aromatic carbocycles. The maximum absolute atomic E-state index is 12.1. The number of rotatable bonds is 3. The number of hydrogen-bond acceptors (Lipinski definition) is 4. The molecule has 1 amide bonds. The number of amides is 1. The molecule has 0 aliphatic heterocycles. The molecule has 0 saturated carbocycles. The van der Waals surface area contributed by atoms with Gasteiger partial charge in [-0.05, 0) is 4.48 Å². The quantitative estimate of drug-likeness (QED) is 0.789. The zero-order valence-corrected chi connectivity index (χ0v) is 14.3. The molecule has 0 fully saturated rings. The molecule has 106 valence electrons. The Morgan fingerprint density at radius 1 is 1.47 bits per heavy atom. The van der Waals surface area contributed by atoms with Gasteiger partial charge in [-0.25, -0.2) is 9.78 Å². The summed E-state index contributed by atoms with van der Waals surface area (Å²) < 4.78 is 2.20. The SMILES string of the molecule is C=C(Br)CSc1nc(C(C)(C)C)nn1C(=O)N(C)C. The van der Waals surface area contributed by atoms with E-state index in [0.717, 1.165) is 4.48 Å². The van der Waals surface area contributed by atoms with E-state index in [1.165, 1.54) is 21.3 Å². The minimum atomic E-state index is -0.203. The van der Waals surface area contributed by atoms with Gasteiger partial charge < -0.3 is 4.90 Å². The molecule has 0 bridgehead atoms. The van der Waals surface area contributed by atoms with Crippen molar-refractivity contribution in [1.29, 1.82) is 0 Å². The van der Waals surface area contributed by atoms with E-state index in [9.17, 15) is 4.79 Å². The van der Waals surface area contributed by atoms with Gasteiger partial charge in [-0.3, -0.25) is 0 Å². The van der Waals surface area contributed by atoms with Crippen molar-refractivity contribution in [3.63, 3.8) is 0 Å². The molecule has 0 aliphatic rings. The maximum Gasteiger partial charge on any atom is 0.346 e. The van der Waals surface area contributed by atoms with Crippen molar-refractivity contribution in [2.45, 2.75) is 31.3 Å². The lowest BCUT2D eigenvalue weighted by molar-refractivity contribution is 0.213. The second-order valence-corrected chi connectivity index (χ2v) is 7.43. The first-order chi connectivity index (χ1) is 8.62. The first-order valence-corrected chi connectivity index (χ1v) is 7.56. The van der Waals surface area contributed by atoms with Gasteiger partial charge in [0.25, 0.3) is 0 Å². The highest BCUT2D eigenvalue weighted by Crippen LogP contribution is 2.25. The fourth-order valence-corrected chi connectivity index (χ4v) is 2.19. The van der Waals surface area contributed by atoms with Crippen LogP contribution in [0.2, 0.25) is 0 Å². The Kier molecular flexibility index (Phi) is 5.20. The van der Waals surface area contributed by atoms with Crippen molar-refractivity contribution in [2.24, 2.45) is 0 Å². The van der Waals surface area contributed by atoms with E-state index in [1.54, 1.807) is 14.1 Å². The molecule has 1 aromatic rings. The van der Waals surface area contributed by atoms with E-state index < -0.39 is 0 Å². The van der Waals surface area contributed by atoms with Crippen molar-refractivity contribution in [1.82, 2.24) is 19.7 Å². The average molecular weight is 347 g/mol. The number of carbonyl (C=O) groups is 1. The van der Waals surface area contributed by atoms with Crippen molar-refractivity contribution >= 4 is 33.7 Å². The lowest BCUT2D eigenvalue weighted by atomic mass is 9.96. The van der Waals surface area contributed by atoms with Crippen LogP contribution >= 0.6 is 27.7 Å². The maximum atomic E-state index is 12.1. The van der Waals surface area contributed by atoms with Crippen LogP contribution in [0, 0.1) is 0 Å². The van der Waals surface area contributed by atoms with Crippen LogP contribution in [0.15, 0.2) is 16.2 Å². The Hall–Kier alpha value is -0.820. The van der Waals surface area contributed by atoms with Crippen LogP contribution in [0.25, 0.3) is 0 Å². The van der Waals surface area contributed by atoms with Crippen LogP contribution in [-0.2, 0) is 5.41 Å². The molecule has 0 aliphatic carbocycles. The average Bonchev–Trinajstić information content (AvgIpc) is 2.68. The van der Waals surface area contributed by atoms with Gasteiger partial charge in [0.15, 0.2) is 11.0 Å². The van der Waals surface area contributed by atoms with Gasteiger partial charge in [0.1, 0.15) is 0 Å². The van der Waals surface area contributed by atoms with E-state index in [2.05, 4.69) is 32.6 Å². The molecule has 1 rings (SSSR count). The van der Waals surface area contributed by atoms with E-state index in [0.29, 0.717) is 16.7 Å². The van der Waals surface area contributed by atoms with E-state index in [4.69, 9.17) is 0 Å². The molecule has 0 spiro atoms. The van der Waals surface area contributed by atoms with Crippen LogP contribution in [0.1, 0.15) is 26.6 Å². The second kappa shape index (κ2) is 6.09. The Morgan fingerprint density at radius 3 is 2.47 bits per heavy atom. The molecule has 0 unspecified atom stereocenters. The standard InChI is InChI=1S/C12H19BrN4OS/c1-8(13)7-19-10-14-9(12(2,3)4)15-17(10)11(18)16(5)6/h1,7H2,2-6H3. The number of aromatic nitrogens is 3. The first kappa shape index (κ1) is 16.2. The summed E-state index contributed by atoms with van der Waals surface area (Å²) in [6.45, 7) is 9.83. The Balaban J connectivity index is 3.14. The molecule has 5 nitrogen and oxygen atoms in total. The van der Waals surface area contributed by atoms with Crippen molar-refractivity contribution < 1.29 is 4.79 Å². The van der Waals surface area contributed by atoms with Crippen molar-refractivity contribution in [3.8, 4) is 0 Å². The Morgan fingerprint density at radius 2 is 2.05 bits per heavy atom. The van der Waals surface area contributed by atoms with E-state index >= 15 is 0 Å². The summed E-state index contributed by atoms with van der Waals surface area (Å²) in [5.74, 6) is 1.30. The van der Waals surface area contributed by atoms with E-state index in [-0.39, 0.29) is 11.4 Å². The van der Waals surface area contributed by atoms with E-state index in [1.807, 2.05) is 20.8 Å². The van der Waals surface area contributed by atoms with Crippen molar-refractivity contribution in [3.05, 3.63) is 16.9 Å². The van der Waals surface area contributed by atoms with Crippen LogP contribution in [0.3, 0.4) is 0 Å². The van der Waals surface area contributed by atoms with Gasteiger partial charge in [-0.2, -0.15) is 4.68 Å². The number of thioether (sulfide) groups is 1. The summed E-state index contributed by atoms with van der Waals surface area (Å²) in [5.41, 5.74) is -0.196. The van der Waals surface area contributed by atoms with Gasteiger partial charge in [0, 0.05) is 25.3 Å². The number of halogens is 1. The fourth-order valence-electron chi connectivity index (χ4n) is 1.17. The molecule has 0 radical (unpaired) electrons. The lowest BCUT2D eigenvalue weighted by Crippen LogP contribution is -2.29. The fraction of sp³-hybridized carbons (Fsp3) is 0.583. The van der Waals surface area contributed by atoms with Gasteiger partial charge in [0.2, 0.25) is 0 Å². The number of nitrogens with zero attached hydrogens (tertiary/aromatic N) is 4. The van der Waals surface area contributed by atoms with Gasteiger partial charge in [-0.15, -0.1) is 5.10 Å². The normalized spacial score (nSPS) is 11.5. The highest BCUT2D eigenvalue weighted by molar-refractivity contribution is 9.11. The summed E-state index contributed by atoms with van der Waals surface area (Å²) in [4.78, 5) is 18.0. The highest BCUT2D eigenvalue weighted by Gasteiger charge is 2.25. The molecular weight excluding hydrogens is 328 g/mol. The molecule has 19 heavy (non-hydrogen) atoms. The predicted octanol–water partition coefficient (Wildman–Crippen LogP) is 3.11.